The number of hydrogen-bond acceptors (Lipinski definition) is 3. The molecule has 1 saturated heterocycles. The minimum Gasteiger partial charge on any atom is -0.369 e. The van der Waals surface area contributed by atoms with Crippen LogP contribution in [-0.4, -0.2) is 40.8 Å². The van der Waals surface area contributed by atoms with Crippen molar-refractivity contribution in [3.05, 3.63) is 36.0 Å². The Labute approximate surface area is 147 Å². The molecule has 0 saturated carbocycles. The number of piperidine rings is 1. The van der Waals surface area contributed by atoms with Crippen molar-refractivity contribution in [2.45, 2.75) is 25.3 Å². The SMILES string of the molecule is Cl.NC(=O)C1CCN(C(=O)[C@@H](N)Cc2c[nH]c3ccccc23)CC1. The average molecular weight is 351 g/mol. The molecule has 7 heteroatoms. The predicted molar refractivity (Wildman–Crippen MR) is 95.7 cm³/mol. The van der Waals surface area contributed by atoms with Gasteiger partial charge in [0.15, 0.2) is 0 Å². The molecule has 3 rings (SSSR count). The Bertz CT molecular complexity index is 722. The van der Waals surface area contributed by atoms with E-state index >= 15 is 0 Å². The highest BCUT2D eigenvalue weighted by Gasteiger charge is 2.28. The second-order valence-corrected chi connectivity index (χ2v) is 6.17. The van der Waals surface area contributed by atoms with Gasteiger partial charge in [-0.15, -0.1) is 12.4 Å². The van der Waals surface area contributed by atoms with E-state index in [4.69, 9.17) is 11.5 Å². The number of aromatic nitrogens is 1. The van der Waals surface area contributed by atoms with Crippen molar-refractivity contribution in [2.24, 2.45) is 17.4 Å². The molecule has 1 aromatic carbocycles. The Morgan fingerprint density at radius 1 is 1.25 bits per heavy atom. The highest BCUT2D eigenvalue weighted by Crippen LogP contribution is 2.21. The molecular weight excluding hydrogens is 328 g/mol. The number of primary amides is 1. The summed E-state index contributed by atoms with van der Waals surface area (Å²) in [5.74, 6) is -0.456. The highest BCUT2D eigenvalue weighted by atomic mass is 35.5. The third-order valence-corrected chi connectivity index (χ3v) is 4.64. The first kappa shape index (κ1) is 18.3. The summed E-state index contributed by atoms with van der Waals surface area (Å²) in [6, 6.07) is 7.40. The maximum atomic E-state index is 12.5. The standard InChI is InChI=1S/C17H22N4O2.ClH/c18-14(9-12-10-20-15-4-2-1-3-13(12)15)17(23)21-7-5-11(6-8-21)16(19)22;/h1-4,10-11,14,20H,5-9,18H2,(H2,19,22);1H/t14-;/m0./s1. The second-order valence-electron chi connectivity index (χ2n) is 6.17. The van der Waals surface area contributed by atoms with Crippen LogP contribution in [0.25, 0.3) is 10.9 Å². The number of nitrogens with one attached hydrogen (secondary N) is 1. The van der Waals surface area contributed by atoms with E-state index in [0.717, 1.165) is 16.5 Å². The minimum absolute atomic E-state index is 0. The molecule has 130 valence electrons. The van der Waals surface area contributed by atoms with Crippen LogP contribution in [0, 0.1) is 5.92 Å². The van der Waals surface area contributed by atoms with Gasteiger partial charge in [0.2, 0.25) is 11.8 Å². The predicted octanol–water partition coefficient (Wildman–Crippen LogP) is 1.18. The first-order valence-corrected chi connectivity index (χ1v) is 7.95. The molecule has 0 aliphatic carbocycles. The van der Waals surface area contributed by atoms with Crippen LogP contribution in [0.3, 0.4) is 0 Å². The van der Waals surface area contributed by atoms with E-state index in [1.165, 1.54) is 0 Å². The number of nitrogens with two attached hydrogens (primary N) is 2. The molecule has 0 bridgehead atoms. The Balaban J connectivity index is 0.00000208. The van der Waals surface area contributed by atoms with Crippen LogP contribution < -0.4 is 11.5 Å². The number of halogens is 1. The molecule has 2 heterocycles. The van der Waals surface area contributed by atoms with Gasteiger partial charge >= 0.3 is 0 Å². The van der Waals surface area contributed by atoms with Gasteiger partial charge in [0.1, 0.15) is 0 Å². The lowest BCUT2D eigenvalue weighted by Gasteiger charge is -2.32. The molecule has 0 spiro atoms. The van der Waals surface area contributed by atoms with Gasteiger partial charge in [-0.3, -0.25) is 9.59 Å². The van der Waals surface area contributed by atoms with E-state index in [0.29, 0.717) is 32.4 Å². The molecule has 6 nitrogen and oxygen atoms in total. The summed E-state index contributed by atoms with van der Waals surface area (Å²) in [4.78, 5) is 28.7. The molecule has 1 atom stereocenters. The fourth-order valence-corrected chi connectivity index (χ4v) is 3.24. The van der Waals surface area contributed by atoms with Crippen molar-refractivity contribution in [2.75, 3.05) is 13.1 Å². The van der Waals surface area contributed by atoms with Gasteiger partial charge < -0.3 is 21.4 Å². The quantitative estimate of drug-likeness (QED) is 0.771. The second kappa shape index (κ2) is 7.68. The summed E-state index contributed by atoms with van der Waals surface area (Å²) in [5.41, 5.74) is 13.5. The van der Waals surface area contributed by atoms with Crippen LogP contribution in [0.5, 0.6) is 0 Å². The van der Waals surface area contributed by atoms with Crippen LogP contribution in [0.4, 0.5) is 0 Å². The molecule has 1 aliphatic rings. The van der Waals surface area contributed by atoms with Crippen LogP contribution >= 0.6 is 12.4 Å². The molecule has 0 unspecified atom stereocenters. The lowest BCUT2D eigenvalue weighted by atomic mass is 9.95. The summed E-state index contributed by atoms with van der Waals surface area (Å²) in [7, 11) is 0. The van der Waals surface area contributed by atoms with E-state index in [9.17, 15) is 9.59 Å². The van der Waals surface area contributed by atoms with Crippen molar-refractivity contribution >= 4 is 35.1 Å². The molecule has 1 aliphatic heterocycles. The number of para-hydroxylation sites is 1. The largest absolute Gasteiger partial charge is 0.369 e. The van der Waals surface area contributed by atoms with Crippen molar-refractivity contribution < 1.29 is 9.59 Å². The van der Waals surface area contributed by atoms with Crippen LogP contribution in [0.2, 0.25) is 0 Å². The van der Waals surface area contributed by atoms with Gasteiger partial charge in [-0.05, 0) is 30.9 Å². The van der Waals surface area contributed by atoms with E-state index in [1.54, 1.807) is 4.90 Å². The number of rotatable bonds is 4. The molecule has 2 amide bonds. The maximum absolute atomic E-state index is 12.5. The van der Waals surface area contributed by atoms with Gasteiger partial charge in [0, 0.05) is 36.1 Å². The number of likely N-dealkylation sites (tertiary alicyclic amines) is 1. The number of carbonyl (C=O) groups excluding carboxylic acids is 2. The van der Waals surface area contributed by atoms with Crippen LogP contribution in [0.15, 0.2) is 30.5 Å². The van der Waals surface area contributed by atoms with Gasteiger partial charge in [-0.2, -0.15) is 0 Å². The average Bonchev–Trinajstić information content (AvgIpc) is 2.97. The van der Waals surface area contributed by atoms with Crippen LogP contribution in [-0.2, 0) is 16.0 Å². The molecule has 24 heavy (non-hydrogen) atoms. The lowest BCUT2D eigenvalue weighted by Crippen LogP contribution is -2.49. The van der Waals surface area contributed by atoms with Gasteiger partial charge in [-0.25, -0.2) is 0 Å². The summed E-state index contributed by atoms with van der Waals surface area (Å²) in [6.07, 6.45) is 3.66. The topological polar surface area (TPSA) is 105 Å². The molecule has 0 radical (unpaired) electrons. The van der Waals surface area contributed by atoms with Gasteiger partial charge in [-0.1, -0.05) is 18.2 Å². The maximum Gasteiger partial charge on any atom is 0.239 e. The monoisotopic (exact) mass is 350 g/mol. The Morgan fingerprint density at radius 2 is 1.92 bits per heavy atom. The van der Waals surface area contributed by atoms with Gasteiger partial charge in [0.05, 0.1) is 6.04 Å². The number of amides is 2. The van der Waals surface area contributed by atoms with E-state index in [2.05, 4.69) is 4.98 Å². The zero-order valence-electron chi connectivity index (χ0n) is 13.4. The number of H-pyrrole nitrogens is 1. The van der Waals surface area contributed by atoms with Crippen molar-refractivity contribution in [3.63, 3.8) is 0 Å². The normalized spacial score (nSPS) is 16.6. The van der Waals surface area contributed by atoms with Crippen molar-refractivity contribution in [1.29, 1.82) is 0 Å². The third-order valence-electron chi connectivity index (χ3n) is 4.64. The Morgan fingerprint density at radius 3 is 2.58 bits per heavy atom. The Kier molecular flexibility index (Phi) is 5.85. The highest BCUT2D eigenvalue weighted by molar-refractivity contribution is 5.86. The zero-order chi connectivity index (χ0) is 16.4. The molecule has 2 aromatic rings. The van der Waals surface area contributed by atoms with Crippen molar-refractivity contribution in [3.8, 4) is 0 Å². The first-order valence-electron chi connectivity index (χ1n) is 7.95. The molecule has 1 aromatic heterocycles. The van der Waals surface area contributed by atoms with E-state index < -0.39 is 6.04 Å². The zero-order valence-corrected chi connectivity index (χ0v) is 14.2. The fraction of sp³-hybridized carbons (Fsp3) is 0.412. The number of aromatic amines is 1. The summed E-state index contributed by atoms with van der Waals surface area (Å²) in [6.45, 7) is 1.10. The number of hydrogen-bond donors (Lipinski definition) is 3. The number of fused-ring (bicyclic) bond motifs is 1. The van der Waals surface area contributed by atoms with E-state index in [-0.39, 0.29) is 30.1 Å². The molecule has 5 N–H and O–H groups in total. The lowest BCUT2D eigenvalue weighted by molar-refractivity contribution is -0.136. The summed E-state index contributed by atoms with van der Waals surface area (Å²) in [5, 5.41) is 1.10. The van der Waals surface area contributed by atoms with E-state index in [1.807, 2.05) is 30.5 Å². The third kappa shape index (κ3) is 3.71. The van der Waals surface area contributed by atoms with Crippen LogP contribution in [0.1, 0.15) is 18.4 Å². The molecule has 1 fully saturated rings. The summed E-state index contributed by atoms with van der Waals surface area (Å²) >= 11 is 0. The number of benzene rings is 1. The number of carbonyl (C=O) groups is 2. The molecular formula is C17H23ClN4O2. The first-order chi connectivity index (χ1) is 11.1. The smallest absolute Gasteiger partial charge is 0.239 e. The van der Waals surface area contributed by atoms with Gasteiger partial charge in [0.25, 0.3) is 0 Å². The summed E-state index contributed by atoms with van der Waals surface area (Å²) < 4.78 is 0. The fourth-order valence-electron chi connectivity index (χ4n) is 3.24. The number of nitrogens with zero attached hydrogens (tertiary/aromatic N) is 1. The van der Waals surface area contributed by atoms with Crippen molar-refractivity contribution in [1.82, 2.24) is 9.88 Å². The Hall–Kier alpha value is -2.05. The minimum atomic E-state index is -0.570.